The molecule has 4 N–H and O–H groups in total. The van der Waals surface area contributed by atoms with E-state index < -0.39 is 52.6 Å². The van der Waals surface area contributed by atoms with E-state index in [0.29, 0.717) is 57.8 Å². The van der Waals surface area contributed by atoms with Crippen LogP contribution in [0.25, 0.3) is 0 Å². The van der Waals surface area contributed by atoms with Crippen molar-refractivity contribution in [2.75, 3.05) is 0 Å². The van der Waals surface area contributed by atoms with Crippen LogP contribution in [-0.2, 0) is 14.4 Å². The molecule has 7 heteroatoms. The number of aliphatic hydroxyl groups is 1. The third-order valence-electron chi connectivity index (χ3n) is 9.48. The largest absolute Gasteiger partial charge is 0.481 e. The van der Waals surface area contributed by atoms with Crippen molar-refractivity contribution in [2.24, 2.45) is 46.8 Å². The van der Waals surface area contributed by atoms with E-state index in [0.717, 1.165) is 0 Å². The predicted molar refractivity (Wildman–Crippen MR) is 147 cm³/mol. The Morgan fingerprint density at radius 3 is 1.24 bits per heavy atom. The minimum Gasteiger partial charge on any atom is -0.481 e. The highest BCUT2D eigenvalue weighted by Gasteiger charge is 2.73. The zero-order chi connectivity index (χ0) is 29.1. The third-order valence-corrected chi connectivity index (χ3v) is 9.48. The van der Waals surface area contributed by atoms with E-state index in [4.69, 9.17) is 0 Å². The molecule has 0 saturated heterocycles. The van der Waals surface area contributed by atoms with Crippen LogP contribution in [0.3, 0.4) is 0 Å². The second-order valence-electron chi connectivity index (χ2n) is 11.5. The normalized spacial score (nSPS) is 20.9. The predicted octanol–water partition coefficient (Wildman–Crippen LogP) is 6.96. The minimum atomic E-state index is -3.00. The molecule has 0 bridgehead atoms. The molecule has 0 aliphatic carbocycles. The molecule has 0 amide bonds. The monoisotopic (exact) mass is 528 g/mol. The van der Waals surface area contributed by atoms with Crippen LogP contribution in [0.5, 0.6) is 0 Å². The first-order valence-electron chi connectivity index (χ1n) is 14.7. The Labute approximate surface area is 225 Å². The van der Waals surface area contributed by atoms with Crippen LogP contribution in [0, 0.1) is 46.8 Å². The average molecular weight is 529 g/mol. The summed E-state index contributed by atoms with van der Waals surface area (Å²) in [6, 6.07) is 0. The fourth-order valence-corrected chi connectivity index (χ4v) is 7.09. The van der Waals surface area contributed by atoms with E-state index >= 15 is 0 Å². The fraction of sp³-hybridized carbons (Fsp3) is 0.900. The Bertz CT molecular complexity index is 701. The quantitative estimate of drug-likeness (QED) is 0.134. The average Bonchev–Trinajstić information content (AvgIpc) is 2.85. The van der Waals surface area contributed by atoms with Crippen molar-refractivity contribution in [3.63, 3.8) is 0 Å². The number of carboxylic acids is 3. The van der Waals surface area contributed by atoms with Gasteiger partial charge in [0.15, 0.2) is 5.60 Å². The van der Waals surface area contributed by atoms with Crippen molar-refractivity contribution in [2.45, 2.75) is 126 Å². The highest BCUT2D eigenvalue weighted by atomic mass is 16.4. The molecule has 0 radical (unpaired) electrons. The lowest BCUT2D eigenvalue weighted by molar-refractivity contribution is -0.237. The molecule has 0 rings (SSSR count). The minimum absolute atomic E-state index is 0.208. The molecular weight excluding hydrogens is 472 g/mol. The second kappa shape index (κ2) is 15.7. The molecule has 37 heavy (non-hydrogen) atoms. The maximum absolute atomic E-state index is 13.8. The van der Waals surface area contributed by atoms with Crippen LogP contribution < -0.4 is 0 Å². The Kier molecular flexibility index (Phi) is 15.0. The zero-order valence-electron chi connectivity index (χ0n) is 24.9. The van der Waals surface area contributed by atoms with Gasteiger partial charge in [-0.3, -0.25) is 9.59 Å². The van der Waals surface area contributed by atoms with Crippen LogP contribution >= 0.6 is 0 Å². The number of carbonyl (C=O) groups is 3. The summed E-state index contributed by atoms with van der Waals surface area (Å²) in [5.41, 5.74) is -5.18. The summed E-state index contributed by atoms with van der Waals surface area (Å²) in [5, 5.41) is 45.4. The van der Waals surface area contributed by atoms with Gasteiger partial charge >= 0.3 is 17.9 Å². The Balaban J connectivity index is 8.20. The smallest absolute Gasteiger partial charge is 0.337 e. The van der Waals surface area contributed by atoms with Crippen LogP contribution in [0.4, 0.5) is 0 Å². The van der Waals surface area contributed by atoms with Gasteiger partial charge in [0.2, 0.25) is 0 Å². The van der Waals surface area contributed by atoms with E-state index in [9.17, 15) is 34.8 Å². The van der Waals surface area contributed by atoms with Crippen molar-refractivity contribution in [1.29, 1.82) is 0 Å². The molecule has 7 nitrogen and oxygen atoms in total. The van der Waals surface area contributed by atoms with E-state index in [2.05, 4.69) is 0 Å². The maximum Gasteiger partial charge on any atom is 0.337 e. The van der Waals surface area contributed by atoms with Gasteiger partial charge in [-0.25, -0.2) is 4.79 Å². The lowest BCUT2D eigenvalue weighted by Crippen LogP contribution is -2.72. The van der Waals surface area contributed by atoms with Gasteiger partial charge in [0.05, 0.1) is 0 Å². The van der Waals surface area contributed by atoms with Crippen molar-refractivity contribution in [3.8, 4) is 0 Å². The first-order valence-corrected chi connectivity index (χ1v) is 14.7. The zero-order valence-corrected chi connectivity index (χ0v) is 24.9. The van der Waals surface area contributed by atoms with Gasteiger partial charge < -0.3 is 20.4 Å². The van der Waals surface area contributed by atoms with Crippen molar-refractivity contribution < 1.29 is 34.8 Å². The summed E-state index contributed by atoms with van der Waals surface area (Å²) in [6.07, 6.45) is 4.75. The Morgan fingerprint density at radius 1 is 0.622 bits per heavy atom. The van der Waals surface area contributed by atoms with Gasteiger partial charge in [0.25, 0.3) is 0 Å². The number of hydrogen-bond donors (Lipinski definition) is 4. The lowest BCUT2D eigenvalue weighted by atomic mass is 9.46. The molecule has 0 saturated carbocycles. The van der Waals surface area contributed by atoms with E-state index in [-0.39, 0.29) is 17.8 Å². The molecule has 0 spiro atoms. The molecule has 218 valence electrons. The fourth-order valence-electron chi connectivity index (χ4n) is 7.09. The molecular formula is C30H56O7. The van der Waals surface area contributed by atoms with Gasteiger partial charge in [-0.2, -0.15) is 0 Å². The van der Waals surface area contributed by atoms with Crippen LogP contribution in [0.1, 0.15) is 120 Å². The van der Waals surface area contributed by atoms with Gasteiger partial charge in [0, 0.05) is 0 Å². The maximum atomic E-state index is 13.8. The first kappa shape index (κ1) is 35.4. The van der Waals surface area contributed by atoms with Crippen molar-refractivity contribution in [3.05, 3.63) is 0 Å². The van der Waals surface area contributed by atoms with Crippen LogP contribution in [0.2, 0.25) is 0 Å². The standard InChI is InChI=1S/C30H56O7/c1-10-16-22(19(7)13-4)25(26(31)32)30(37,28(35)36)29(27(33)34,23(17-11-2)20(8)14-5)24(18-12-3)21(9)15-6/h19-25,37H,10-18H2,1-9H3,(H,31,32)(H,33,34)(H,35,36). The van der Waals surface area contributed by atoms with Crippen molar-refractivity contribution >= 4 is 17.9 Å². The molecule has 0 aromatic rings. The summed E-state index contributed by atoms with van der Waals surface area (Å²) < 4.78 is 0. The summed E-state index contributed by atoms with van der Waals surface area (Å²) >= 11 is 0. The van der Waals surface area contributed by atoms with E-state index in [1.54, 1.807) is 0 Å². The molecule has 0 aliphatic rings. The SMILES string of the molecule is CCCC(C(C)CC)C(C(=O)O)C(O)(C(=O)O)C(C(=O)O)(C(CCC)C(C)CC)C(CCC)C(C)CC. The summed E-state index contributed by atoms with van der Waals surface area (Å²) in [6.45, 7) is 17.2. The summed E-state index contributed by atoms with van der Waals surface area (Å²) in [5.74, 6) is -9.11. The molecule has 0 aliphatic heterocycles. The van der Waals surface area contributed by atoms with Gasteiger partial charge in [-0.05, 0) is 54.8 Å². The van der Waals surface area contributed by atoms with Crippen molar-refractivity contribution in [1.82, 2.24) is 0 Å². The summed E-state index contributed by atoms with van der Waals surface area (Å²) in [4.78, 5) is 40.3. The molecule has 0 heterocycles. The molecule has 0 aromatic heterocycles. The Morgan fingerprint density at radius 2 is 1.00 bits per heavy atom. The number of carboxylic acid groups (broad SMARTS) is 3. The Hall–Kier alpha value is -1.63. The van der Waals surface area contributed by atoms with Crippen LogP contribution in [-0.4, -0.2) is 43.9 Å². The molecule has 0 fully saturated rings. The molecule has 8 unspecified atom stereocenters. The summed E-state index contributed by atoms with van der Waals surface area (Å²) in [7, 11) is 0. The second-order valence-corrected chi connectivity index (χ2v) is 11.5. The first-order chi connectivity index (χ1) is 17.2. The third kappa shape index (κ3) is 6.88. The van der Waals surface area contributed by atoms with E-state index in [1.165, 1.54) is 0 Å². The van der Waals surface area contributed by atoms with Crippen LogP contribution in [0.15, 0.2) is 0 Å². The number of rotatable bonds is 20. The topological polar surface area (TPSA) is 132 Å². The number of hydrogen-bond acceptors (Lipinski definition) is 4. The molecule has 8 atom stereocenters. The van der Waals surface area contributed by atoms with E-state index in [1.807, 2.05) is 62.3 Å². The highest BCUT2D eigenvalue weighted by molar-refractivity contribution is 5.94. The lowest BCUT2D eigenvalue weighted by Gasteiger charge is -2.56. The van der Waals surface area contributed by atoms with Gasteiger partial charge in [-0.1, -0.05) is 101 Å². The molecule has 0 aromatic carbocycles. The number of aliphatic carboxylic acids is 3. The van der Waals surface area contributed by atoms with Gasteiger partial charge in [-0.15, -0.1) is 0 Å². The van der Waals surface area contributed by atoms with Gasteiger partial charge in [0.1, 0.15) is 11.3 Å². The highest BCUT2D eigenvalue weighted by Crippen LogP contribution is 2.59.